The summed E-state index contributed by atoms with van der Waals surface area (Å²) in [6, 6.07) is 2.40. The molecule has 0 aliphatic heterocycles. The van der Waals surface area contributed by atoms with Gasteiger partial charge in [0.2, 0.25) is 0 Å². The van der Waals surface area contributed by atoms with E-state index in [1.807, 2.05) is 13.0 Å². The smallest absolute Gasteiger partial charge is 0.275 e. The number of rotatable bonds is 4. The lowest BCUT2D eigenvalue weighted by Gasteiger charge is -2.35. The van der Waals surface area contributed by atoms with Gasteiger partial charge in [0.1, 0.15) is 0 Å². The Morgan fingerprint density at radius 2 is 2.11 bits per heavy atom. The Labute approximate surface area is 120 Å². The van der Waals surface area contributed by atoms with Crippen molar-refractivity contribution >= 4 is 17.2 Å². The Kier molecular flexibility index (Phi) is 5.12. The summed E-state index contributed by atoms with van der Waals surface area (Å²) >= 11 is 1.49. The first-order chi connectivity index (χ1) is 8.66. The van der Waals surface area contributed by atoms with Crippen molar-refractivity contribution in [2.24, 2.45) is 11.3 Å². The van der Waals surface area contributed by atoms with Crippen molar-refractivity contribution in [3.63, 3.8) is 0 Å². The Morgan fingerprint density at radius 3 is 2.58 bits per heavy atom. The number of hydrogen-bond acceptors (Lipinski definition) is 4. The highest BCUT2D eigenvalue weighted by Crippen LogP contribution is 2.27. The van der Waals surface area contributed by atoms with E-state index in [2.05, 4.69) is 45.1 Å². The molecule has 1 amide bonds. The predicted octanol–water partition coefficient (Wildman–Crippen LogP) is 2.53. The highest BCUT2D eigenvalue weighted by Gasteiger charge is 2.24. The van der Waals surface area contributed by atoms with E-state index >= 15 is 0 Å². The van der Waals surface area contributed by atoms with Crippen LogP contribution in [0.1, 0.15) is 47.8 Å². The molecule has 0 aromatic carbocycles. The van der Waals surface area contributed by atoms with Gasteiger partial charge in [-0.05, 0) is 37.9 Å². The van der Waals surface area contributed by atoms with Crippen molar-refractivity contribution in [3.8, 4) is 0 Å². The Bertz CT molecular complexity index is 448. The number of hydrogen-bond donors (Lipinski definition) is 2. The summed E-state index contributed by atoms with van der Waals surface area (Å²) in [6.45, 7) is 11.8. The summed E-state index contributed by atoms with van der Waals surface area (Å²) in [7, 11) is 2.12. The van der Waals surface area contributed by atoms with E-state index in [1.165, 1.54) is 21.8 Å². The van der Waals surface area contributed by atoms with Crippen molar-refractivity contribution in [3.05, 3.63) is 21.4 Å². The van der Waals surface area contributed by atoms with Crippen LogP contribution in [0.2, 0.25) is 0 Å². The number of nitrogens with one attached hydrogen (secondary N) is 1. The van der Waals surface area contributed by atoms with Crippen molar-refractivity contribution in [1.29, 1.82) is 0 Å². The van der Waals surface area contributed by atoms with Crippen molar-refractivity contribution < 1.29 is 4.79 Å². The van der Waals surface area contributed by atoms with Crippen LogP contribution in [-0.4, -0.2) is 23.9 Å². The summed E-state index contributed by atoms with van der Waals surface area (Å²) in [6.07, 6.45) is 0. The lowest BCUT2D eigenvalue weighted by Crippen LogP contribution is -2.38. The van der Waals surface area contributed by atoms with E-state index in [0.29, 0.717) is 10.9 Å². The number of amides is 1. The van der Waals surface area contributed by atoms with E-state index in [0.717, 1.165) is 6.54 Å². The number of thiophene rings is 1. The standard InChI is InChI=1S/C14H25N3OS/c1-9-11(7-12(19-9)13(18)16-15)8-17(6)10(2)14(3,4)5/h7,10H,8,15H2,1-6H3,(H,16,18). The minimum absolute atomic E-state index is 0.217. The zero-order chi connectivity index (χ0) is 14.8. The van der Waals surface area contributed by atoms with Crippen LogP contribution in [0.3, 0.4) is 0 Å². The highest BCUT2D eigenvalue weighted by molar-refractivity contribution is 7.14. The van der Waals surface area contributed by atoms with Gasteiger partial charge in [-0.3, -0.25) is 15.1 Å². The second-order valence-corrected chi connectivity index (χ2v) is 7.38. The van der Waals surface area contributed by atoms with Gasteiger partial charge >= 0.3 is 0 Å². The van der Waals surface area contributed by atoms with E-state index in [4.69, 9.17) is 5.84 Å². The van der Waals surface area contributed by atoms with E-state index in [1.54, 1.807) is 0 Å². The van der Waals surface area contributed by atoms with Crippen molar-refractivity contribution in [2.45, 2.75) is 47.2 Å². The lowest BCUT2D eigenvalue weighted by molar-refractivity contribution is 0.0957. The van der Waals surface area contributed by atoms with Crippen molar-refractivity contribution in [1.82, 2.24) is 10.3 Å². The van der Waals surface area contributed by atoms with Gasteiger partial charge < -0.3 is 0 Å². The zero-order valence-electron chi connectivity index (χ0n) is 12.7. The third-order valence-electron chi connectivity index (χ3n) is 3.71. The van der Waals surface area contributed by atoms with Gasteiger partial charge in [0.15, 0.2) is 0 Å². The van der Waals surface area contributed by atoms with Gasteiger partial charge in [-0.1, -0.05) is 20.8 Å². The SMILES string of the molecule is Cc1sc(C(=O)NN)cc1CN(C)C(C)C(C)(C)C. The summed E-state index contributed by atoms with van der Waals surface area (Å²) in [5, 5.41) is 0. The number of hydrazine groups is 1. The monoisotopic (exact) mass is 283 g/mol. The Morgan fingerprint density at radius 1 is 1.53 bits per heavy atom. The molecule has 0 spiro atoms. The molecule has 1 rings (SSSR count). The van der Waals surface area contributed by atoms with E-state index in [9.17, 15) is 4.79 Å². The summed E-state index contributed by atoms with van der Waals surface area (Å²) in [5.41, 5.74) is 3.61. The van der Waals surface area contributed by atoms with Crippen LogP contribution in [0.15, 0.2) is 6.07 Å². The quantitative estimate of drug-likeness (QED) is 0.507. The average Bonchev–Trinajstić information content (AvgIpc) is 2.67. The fourth-order valence-corrected chi connectivity index (χ4v) is 2.86. The summed E-state index contributed by atoms with van der Waals surface area (Å²) in [4.78, 5) is 15.7. The minimum atomic E-state index is -0.217. The number of aryl methyl sites for hydroxylation is 1. The molecule has 0 aliphatic rings. The van der Waals surface area contributed by atoms with Crippen LogP contribution in [0.5, 0.6) is 0 Å². The largest absolute Gasteiger partial charge is 0.299 e. The molecular weight excluding hydrogens is 258 g/mol. The number of nitrogens with zero attached hydrogens (tertiary/aromatic N) is 1. The molecule has 3 N–H and O–H groups in total. The maximum absolute atomic E-state index is 11.5. The maximum atomic E-state index is 11.5. The number of nitrogens with two attached hydrogens (primary N) is 1. The normalized spacial score (nSPS) is 13.7. The van der Waals surface area contributed by atoms with Gasteiger partial charge in [0.25, 0.3) is 5.91 Å². The molecule has 0 radical (unpaired) electrons. The molecule has 0 fully saturated rings. The third-order valence-corrected chi connectivity index (χ3v) is 4.80. The molecule has 0 saturated carbocycles. The Hall–Kier alpha value is -0.910. The number of nitrogen functional groups attached to an aromatic ring is 1. The van der Waals surface area contributed by atoms with Gasteiger partial charge in [0, 0.05) is 17.5 Å². The summed E-state index contributed by atoms with van der Waals surface area (Å²) < 4.78 is 0. The van der Waals surface area contributed by atoms with Crippen LogP contribution in [0.4, 0.5) is 0 Å². The fraction of sp³-hybridized carbons (Fsp3) is 0.643. The molecule has 1 aromatic rings. The number of carbonyl (C=O) groups is 1. The molecule has 1 atom stereocenters. The molecule has 5 heteroatoms. The first kappa shape index (κ1) is 16.1. The molecule has 19 heavy (non-hydrogen) atoms. The highest BCUT2D eigenvalue weighted by atomic mass is 32.1. The second kappa shape index (κ2) is 6.03. The maximum Gasteiger partial charge on any atom is 0.275 e. The molecule has 0 bridgehead atoms. The van der Waals surface area contributed by atoms with Gasteiger partial charge in [0.05, 0.1) is 4.88 Å². The first-order valence-corrected chi connectivity index (χ1v) is 7.29. The molecule has 0 aliphatic carbocycles. The minimum Gasteiger partial charge on any atom is -0.299 e. The van der Waals surface area contributed by atoms with E-state index in [-0.39, 0.29) is 11.3 Å². The third kappa shape index (κ3) is 4.03. The fourth-order valence-electron chi connectivity index (χ4n) is 1.93. The molecule has 1 heterocycles. The summed E-state index contributed by atoms with van der Waals surface area (Å²) in [5.74, 6) is 4.95. The second-order valence-electron chi connectivity index (χ2n) is 6.12. The molecular formula is C14H25N3OS. The predicted molar refractivity (Wildman–Crippen MR) is 81.1 cm³/mol. The molecule has 1 unspecified atom stereocenters. The first-order valence-electron chi connectivity index (χ1n) is 6.47. The number of carbonyl (C=O) groups excluding carboxylic acids is 1. The zero-order valence-corrected chi connectivity index (χ0v) is 13.5. The van der Waals surface area contributed by atoms with E-state index < -0.39 is 0 Å². The van der Waals surface area contributed by atoms with Gasteiger partial charge in [-0.2, -0.15) is 0 Å². The van der Waals surface area contributed by atoms with Gasteiger partial charge in [-0.15, -0.1) is 11.3 Å². The average molecular weight is 283 g/mol. The topological polar surface area (TPSA) is 58.4 Å². The molecule has 4 nitrogen and oxygen atoms in total. The van der Waals surface area contributed by atoms with Crippen molar-refractivity contribution in [2.75, 3.05) is 7.05 Å². The molecule has 0 saturated heterocycles. The molecule has 1 aromatic heterocycles. The van der Waals surface area contributed by atoms with Crippen LogP contribution < -0.4 is 11.3 Å². The van der Waals surface area contributed by atoms with Crippen LogP contribution in [0, 0.1) is 12.3 Å². The Balaban J connectivity index is 2.83. The van der Waals surface area contributed by atoms with Crippen LogP contribution in [-0.2, 0) is 6.54 Å². The van der Waals surface area contributed by atoms with Crippen LogP contribution >= 0.6 is 11.3 Å². The van der Waals surface area contributed by atoms with Crippen LogP contribution in [0.25, 0.3) is 0 Å². The lowest BCUT2D eigenvalue weighted by atomic mass is 9.87. The van der Waals surface area contributed by atoms with Gasteiger partial charge in [-0.25, -0.2) is 5.84 Å². The molecule has 108 valence electrons.